The smallest absolute Gasteiger partial charge is 0.248 e. The molecule has 3 nitrogen and oxygen atoms in total. The van der Waals surface area contributed by atoms with Crippen molar-refractivity contribution >= 4 is 5.57 Å². The lowest BCUT2D eigenvalue weighted by Gasteiger charge is -2.03. The fourth-order valence-corrected chi connectivity index (χ4v) is 2.73. The molecule has 4 rings (SSSR count). The summed E-state index contributed by atoms with van der Waals surface area (Å²) >= 11 is 0. The Labute approximate surface area is 147 Å². The molecule has 0 radical (unpaired) electrons. The van der Waals surface area contributed by atoms with Crippen LogP contribution in [0.1, 0.15) is 17.9 Å². The van der Waals surface area contributed by atoms with Gasteiger partial charge in [-0.2, -0.15) is 0 Å². The monoisotopic (exact) mass is 326 g/mol. The van der Waals surface area contributed by atoms with Gasteiger partial charge in [-0.25, -0.2) is 0 Å². The SMILES string of the molecule is Cc1ccc(-c2ccc(-c3nnc(C4=CC=CCC=C4)o3)cc2)cc1. The number of benzene rings is 2. The van der Waals surface area contributed by atoms with Crippen molar-refractivity contribution < 1.29 is 4.42 Å². The third kappa shape index (κ3) is 3.36. The molecule has 25 heavy (non-hydrogen) atoms. The lowest BCUT2D eigenvalue weighted by atomic mass is 10.0. The van der Waals surface area contributed by atoms with Crippen LogP contribution in [0.2, 0.25) is 0 Å². The van der Waals surface area contributed by atoms with Gasteiger partial charge in [0.25, 0.3) is 0 Å². The summed E-state index contributed by atoms with van der Waals surface area (Å²) in [5.74, 6) is 1.08. The van der Waals surface area contributed by atoms with Crippen LogP contribution in [-0.2, 0) is 0 Å². The summed E-state index contributed by atoms with van der Waals surface area (Å²) in [6.45, 7) is 2.09. The van der Waals surface area contributed by atoms with Gasteiger partial charge in [-0.15, -0.1) is 10.2 Å². The highest BCUT2D eigenvalue weighted by Gasteiger charge is 2.11. The second-order valence-electron chi connectivity index (χ2n) is 6.04. The second-order valence-corrected chi connectivity index (χ2v) is 6.04. The van der Waals surface area contributed by atoms with Crippen LogP contribution >= 0.6 is 0 Å². The number of hydrogen-bond donors (Lipinski definition) is 0. The normalized spacial score (nSPS) is 13.6. The Morgan fingerprint density at radius 1 is 0.760 bits per heavy atom. The van der Waals surface area contributed by atoms with E-state index in [0.29, 0.717) is 11.8 Å². The van der Waals surface area contributed by atoms with Crippen molar-refractivity contribution in [1.82, 2.24) is 10.2 Å². The third-order valence-electron chi connectivity index (χ3n) is 4.17. The maximum Gasteiger partial charge on any atom is 0.248 e. The molecule has 3 aromatic rings. The van der Waals surface area contributed by atoms with Crippen molar-refractivity contribution in [3.63, 3.8) is 0 Å². The molecule has 2 aromatic carbocycles. The van der Waals surface area contributed by atoms with E-state index in [1.54, 1.807) is 0 Å². The molecule has 0 aliphatic heterocycles. The van der Waals surface area contributed by atoms with Gasteiger partial charge in [0.15, 0.2) is 0 Å². The van der Waals surface area contributed by atoms with E-state index in [9.17, 15) is 0 Å². The van der Waals surface area contributed by atoms with Crippen LogP contribution in [0.15, 0.2) is 83.3 Å². The van der Waals surface area contributed by atoms with Crippen LogP contribution in [0, 0.1) is 6.92 Å². The highest BCUT2D eigenvalue weighted by Crippen LogP contribution is 2.26. The van der Waals surface area contributed by atoms with Gasteiger partial charge in [-0.3, -0.25) is 0 Å². The molecule has 0 unspecified atom stereocenters. The quantitative estimate of drug-likeness (QED) is 0.628. The average Bonchev–Trinajstić information content (AvgIpc) is 2.98. The average molecular weight is 326 g/mol. The van der Waals surface area contributed by atoms with Gasteiger partial charge in [-0.05, 0) is 42.7 Å². The fraction of sp³-hybridized carbons (Fsp3) is 0.0909. The van der Waals surface area contributed by atoms with E-state index in [-0.39, 0.29) is 0 Å². The molecule has 1 aliphatic carbocycles. The molecule has 0 spiro atoms. The van der Waals surface area contributed by atoms with E-state index in [4.69, 9.17) is 4.42 Å². The van der Waals surface area contributed by atoms with Gasteiger partial charge in [-0.1, -0.05) is 66.3 Å². The molecule has 0 N–H and O–H groups in total. The Morgan fingerprint density at radius 3 is 2.16 bits per heavy atom. The second kappa shape index (κ2) is 6.73. The summed E-state index contributed by atoms with van der Waals surface area (Å²) in [5, 5.41) is 8.37. The van der Waals surface area contributed by atoms with Gasteiger partial charge >= 0.3 is 0 Å². The number of aryl methyl sites for hydroxylation is 1. The van der Waals surface area contributed by atoms with Gasteiger partial charge in [0.1, 0.15) is 0 Å². The first kappa shape index (κ1) is 15.3. The molecule has 0 saturated carbocycles. The van der Waals surface area contributed by atoms with Crippen molar-refractivity contribution in [3.05, 3.63) is 90.4 Å². The predicted molar refractivity (Wildman–Crippen MR) is 101 cm³/mol. The molecule has 0 bridgehead atoms. The molecule has 0 saturated heterocycles. The molecule has 1 aliphatic rings. The summed E-state index contributed by atoms with van der Waals surface area (Å²) in [4.78, 5) is 0. The summed E-state index contributed by atoms with van der Waals surface area (Å²) in [6, 6.07) is 16.7. The Morgan fingerprint density at radius 2 is 1.40 bits per heavy atom. The Balaban J connectivity index is 1.59. The summed E-state index contributed by atoms with van der Waals surface area (Å²) in [5.41, 5.74) is 5.48. The van der Waals surface area contributed by atoms with Crippen molar-refractivity contribution in [2.75, 3.05) is 0 Å². The van der Waals surface area contributed by atoms with E-state index in [1.165, 1.54) is 16.7 Å². The van der Waals surface area contributed by atoms with Crippen LogP contribution in [0.3, 0.4) is 0 Å². The molecule has 3 heteroatoms. The largest absolute Gasteiger partial charge is 0.416 e. The van der Waals surface area contributed by atoms with Gasteiger partial charge in [0, 0.05) is 11.1 Å². The fourth-order valence-electron chi connectivity index (χ4n) is 2.73. The Kier molecular flexibility index (Phi) is 4.13. The van der Waals surface area contributed by atoms with Crippen LogP contribution in [0.25, 0.3) is 28.2 Å². The molecule has 122 valence electrons. The molecular formula is C22H18N2O. The van der Waals surface area contributed by atoms with Crippen molar-refractivity contribution in [2.24, 2.45) is 0 Å². The number of allylic oxidation sites excluding steroid dienone is 6. The Hall–Kier alpha value is -3.20. The van der Waals surface area contributed by atoms with Crippen LogP contribution in [0.4, 0.5) is 0 Å². The van der Waals surface area contributed by atoms with Gasteiger partial charge in [0.05, 0.1) is 0 Å². The van der Waals surface area contributed by atoms with Crippen molar-refractivity contribution in [3.8, 4) is 22.6 Å². The molecular weight excluding hydrogens is 308 g/mol. The third-order valence-corrected chi connectivity index (χ3v) is 4.17. The lowest BCUT2D eigenvalue weighted by Crippen LogP contribution is -1.81. The standard InChI is InChI=1S/C22H18N2O/c1-16-8-10-17(11-9-16)18-12-14-20(15-13-18)22-24-23-21(25-22)19-6-4-2-3-5-7-19/h2,4-15H,3H2,1H3. The summed E-state index contributed by atoms with van der Waals surface area (Å²) in [6.07, 6.45) is 11.1. The van der Waals surface area contributed by atoms with Gasteiger partial charge in [0.2, 0.25) is 11.8 Å². The zero-order chi connectivity index (χ0) is 17.1. The highest BCUT2D eigenvalue weighted by molar-refractivity contribution is 5.71. The number of aromatic nitrogens is 2. The molecule has 0 amide bonds. The van der Waals surface area contributed by atoms with E-state index in [2.05, 4.69) is 65.7 Å². The maximum absolute atomic E-state index is 5.85. The molecule has 0 atom stereocenters. The molecule has 1 heterocycles. The van der Waals surface area contributed by atoms with E-state index in [0.717, 1.165) is 17.6 Å². The lowest BCUT2D eigenvalue weighted by molar-refractivity contribution is 0.554. The zero-order valence-corrected chi connectivity index (χ0v) is 14.0. The first-order chi connectivity index (χ1) is 12.3. The first-order valence-electron chi connectivity index (χ1n) is 8.34. The van der Waals surface area contributed by atoms with Crippen LogP contribution in [-0.4, -0.2) is 10.2 Å². The molecule has 1 aromatic heterocycles. The molecule has 0 fully saturated rings. The van der Waals surface area contributed by atoms with Crippen molar-refractivity contribution in [1.29, 1.82) is 0 Å². The van der Waals surface area contributed by atoms with Crippen LogP contribution in [0.5, 0.6) is 0 Å². The minimum Gasteiger partial charge on any atom is -0.416 e. The Bertz CT molecular complexity index is 958. The zero-order valence-electron chi connectivity index (χ0n) is 14.0. The highest BCUT2D eigenvalue weighted by atomic mass is 16.4. The summed E-state index contributed by atoms with van der Waals surface area (Å²) in [7, 11) is 0. The minimum absolute atomic E-state index is 0.535. The first-order valence-corrected chi connectivity index (χ1v) is 8.34. The maximum atomic E-state index is 5.85. The van der Waals surface area contributed by atoms with E-state index < -0.39 is 0 Å². The minimum atomic E-state index is 0.535. The van der Waals surface area contributed by atoms with Crippen molar-refractivity contribution in [2.45, 2.75) is 13.3 Å². The number of hydrogen-bond acceptors (Lipinski definition) is 3. The van der Waals surface area contributed by atoms with Gasteiger partial charge < -0.3 is 4.42 Å². The van der Waals surface area contributed by atoms with E-state index in [1.807, 2.05) is 30.4 Å². The number of rotatable bonds is 3. The number of nitrogens with zero attached hydrogens (tertiary/aromatic N) is 2. The summed E-state index contributed by atoms with van der Waals surface area (Å²) < 4.78 is 5.85. The van der Waals surface area contributed by atoms with E-state index >= 15 is 0 Å². The predicted octanol–water partition coefficient (Wildman–Crippen LogP) is 5.61. The van der Waals surface area contributed by atoms with Crippen LogP contribution < -0.4 is 0 Å². The topological polar surface area (TPSA) is 38.9 Å².